The summed E-state index contributed by atoms with van der Waals surface area (Å²) in [4.78, 5) is 7.45. The van der Waals surface area contributed by atoms with Gasteiger partial charge in [0.1, 0.15) is 10.8 Å². The first-order chi connectivity index (χ1) is 9.99. The van der Waals surface area contributed by atoms with E-state index in [1.807, 2.05) is 30.3 Å². The second kappa shape index (κ2) is 5.24. The average molecular weight is 301 g/mol. The quantitative estimate of drug-likeness (QED) is 0.864. The van der Waals surface area contributed by atoms with Gasteiger partial charge in [0.05, 0.1) is 29.8 Å². The van der Waals surface area contributed by atoms with Crippen LogP contribution in [-0.4, -0.2) is 35.3 Å². The van der Waals surface area contributed by atoms with Crippen LogP contribution in [0.15, 0.2) is 30.3 Å². The van der Waals surface area contributed by atoms with Crippen LogP contribution in [0.25, 0.3) is 10.9 Å². The molecule has 2 heterocycles. The number of para-hydroxylation sites is 1. The summed E-state index contributed by atoms with van der Waals surface area (Å²) in [6, 6.07) is 10.1. The lowest BCUT2D eigenvalue weighted by molar-refractivity contribution is 0.0639. The summed E-state index contributed by atoms with van der Waals surface area (Å²) in [5.41, 5.74) is 7.59. The van der Waals surface area contributed by atoms with E-state index in [4.69, 9.17) is 27.7 Å². The molecule has 0 unspecified atom stereocenters. The summed E-state index contributed by atoms with van der Waals surface area (Å²) >= 11 is 5.24. The van der Waals surface area contributed by atoms with Crippen LogP contribution >= 0.6 is 12.2 Å². The second-order valence-electron chi connectivity index (χ2n) is 5.93. The van der Waals surface area contributed by atoms with Crippen LogP contribution in [0.3, 0.4) is 0 Å². The summed E-state index contributed by atoms with van der Waals surface area (Å²) in [5.74, 6) is 0.856. The van der Waals surface area contributed by atoms with E-state index in [0.29, 0.717) is 18.2 Å². The molecule has 0 bridgehead atoms. The van der Waals surface area contributed by atoms with Gasteiger partial charge in [-0.25, -0.2) is 4.98 Å². The number of ether oxygens (including phenoxy) is 1. The van der Waals surface area contributed by atoms with Gasteiger partial charge in [0, 0.05) is 11.9 Å². The monoisotopic (exact) mass is 301 g/mol. The van der Waals surface area contributed by atoms with E-state index < -0.39 is 0 Å². The molecule has 1 aliphatic rings. The third-order valence-electron chi connectivity index (χ3n) is 3.87. The lowest BCUT2D eigenvalue weighted by atomic mass is 10.0. The second-order valence-corrected chi connectivity index (χ2v) is 6.37. The Labute approximate surface area is 129 Å². The molecule has 0 amide bonds. The minimum absolute atomic E-state index is 0.132. The largest absolute Gasteiger partial charge is 0.389 e. The molecule has 0 radical (unpaired) electrons. The SMILES string of the molecule is CC1(C)COCCN1c1nc2ccccc2cc1C(N)=S. The van der Waals surface area contributed by atoms with Crippen LogP contribution in [0.2, 0.25) is 0 Å². The Morgan fingerprint density at radius 1 is 1.38 bits per heavy atom. The number of nitrogens with zero attached hydrogens (tertiary/aromatic N) is 2. The first-order valence-corrected chi connectivity index (χ1v) is 7.45. The molecule has 21 heavy (non-hydrogen) atoms. The molecule has 0 spiro atoms. The fourth-order valence-electron chi connectivity index (χ4n) is 2.74. The van der Waals surface area contributed by atoms with Crippen molar-refractivity contribution in [3.63, 3.8) is 0 Å². The lowest BCUT2D eigenvalue weighted by Crippen LogP contribution is -2.54. The molecule has 110 valence electrons. The zero-order chi connectivity index (χ0) is 15.0. The predicted octanol–water partition coefficient (Wildman–Crippen LogP) is 2.48. The topological polar surface area (TPSA) is 51.4 Å². The molecule has 0 aliphatic carbocycles. The van der Waals surface area contributed by atoms with E-state index in [1.54, 1.807) is 0 Å². The number of aromatic nitrogens is 1. The number of hydrogen-bond acceptors (Lipinski definition) is 4. The normalized spacial score (nSPS) is 17.9. The fourth-order valence-corrected chi connectivity index (χ4v) is 2.89. The lowest BCUT2D eigenvalue weighted by Gasteiger charge is -2.43. The van der Waals surface area contributed by atoms with Crippen molar-refractivity contribution in [3.05, 3.63) is 35.9 Å². The van der Waals surface area contributed by atoms with Crippen LogP contribution < -0.4 is 10.6 Å². The summed E-state index contributed by atoms with van der Waals surface area (Å²) in [7, 11) is 0. The molecule has 1 aromatic heterocycles. The highest BCUT2D eigenvalue weighted by Crippen LogP contribution is 2.30. The summed E-state index contributed by atoms with van der Waals surface area (Å²) in [5, 5.41) is 1.05. The average Bonchev–Trinajstić information content (AvgIpc) is 2.45. The maximum Gasteiger partial charge on any atom is 0.140 e. The number of fused-ring (bicyclic) bond motifs is 1. The Morgan fingerprint density at radius 2 is 2.14 bits per heavy atom. The Kier molecular flexibility index (Phi) is 3.55. The van der Waals surface area contributed by atoms with Gasteiger partial charge in [-0.2, -0.15) is 0 Å². The summed E-state index contributed by atoms with van der Waals surface area (Å²) in [6.07, 6.45) is 0. The van der Waals surface area contributed by atoms with Gasteiger partial charge in [-0.15, -0.1) is 0 Å². The van der Waals surface area contributed by atoms with Crippen molar-refractivity contribution < 1.29 is 4.74 Å². The Bertz CT molecular complexity index is 699. The Balaban J connectivity index is 2.19. The molecule has 1 aliphatic heterocycles. The molecular formula is C16H19N3OS. The van der Waals surface area contributed by atoms with Gasteiger partial charge in [0.15, 0.2) is 0 Å². The molecule has 1 aromatic carbocycles. The molecule has 0 saturated carbocycles. The highest BCUT2D eigenvalue weighted by atomic mass is 32.1. The van der Waals surface area contributed by atoms with Crippen molar-refractivity contribution in [1.82, 2.24) is 4.98 Å². The highest BCUT2D eigenvalue weighted by molar-refractivity contribution is 7.80. The molecule has 4 nitrogen and oxygen atoms in total. The van der Waals surface area contributed by atoms with Crippen molar-refractivity contribution in [1.29, 1.82) is 0 Å². The fraction of sp³-hybridized carbons (Fsp3) is 0.375. The smallest absolute Gasteiger partial charge is 0.140 e. The third kappa shape index (κ3) is 2.59. The zero-order valence-electron chi connectivity index (χ0n) is 12.3. The molecule has 0 atom stereocenters. The van der Waals surface area contributed by atoms with Crippen molar-refractivity contribution in [2.75, 3.05) is 24.7 Å². The Morgan fingerprint density at radius 3 is 2.86 bits per heavy atom. The van der Waals surface area contributed by atoms with E-state index >= 15 is 0 Å². The van der Waals surface area contributed by atoms with Crippen LogP contribution in [-0.2, 0) is 4.74 Å². The number of benzene rings is 1. The standard InChI is InChI=1S/C16H19N3OS/c1-16(2)10-20-8-7-19(16)15-12(14(17)21)9-11-5-3-4-6-13(11)18-15/h3-6,9H,7-8,10H2,1-2H3,(H2,17,21). The Hall–Kier alpha value is -1.72. The number of morpholine rings is 1. The van der Waals surface area contributed by atoms with Crippen molar-refractivity contribution in [2.45, 2.75) is 19.4 Å². The van der Waals surface area contributed by atoms with Gasteiger partial charge in [-0.3, -0.25) is 0 Å². The number of anilines is 1. The van der Waals surface area contributed by atoms with E-state index in [2.05, 4.69) is 18.7 Å². The maximum absolute atomic E-state index is 5.93. The van der Waals surface area contributed by atoms with Crippen LogP contribution in [0.1, 0.15) is 19.4 Å². The van der Waals surface area contributed by atoms with Gasteiger partial charge < -0.3 is 15.4 Å². The van der Waals surface area contributed by atoms with Gasteiger partial charge in [0.25, 0.3) is 0 Å². The minimum Gasteiger partial charge on any atom is -0.389 e. The van der Waals surface area contributed by atoms with Crippen LogP contribution in [0.4, 0.5) is 5.82 Å². The van der Waals surface area contributed by atoms with Crippen molar-refractivity contribution >= 4 is 33.9 Å². The molecule has 1 saturated heterocycles. The number of rotatable bonds is 2. The van der Waals surface area contributed by atoms with Gasteiger partial charge in [0.2, 0.25) is 0 Å². The first kappa shape index (κ1) is 14.2. The first-order valence-electron chi connectivity index (χ1n) is 7.04. The van der Waals surface area contributed by atoms with Crippen LogP contribution in [0.5, 0.6) is 0 Å². The van der Waals surface area contributed by atoms with Crippen molar-refractivity contribution in [3.8, 4) is 0 Å². The number of nitrogens with two attached hydrogens (primary N) is 1. The van der Waals surface area contributed by atoms with Gasteiger partial charge in [-0.05, 0) is 26.0 Å². The molecule has 1 fully saturated rings. The highest BCUT2D eigenvalue weighted by Gasteiger charge is 2.33. The van der Waals surface area contributed by atoms with E-state index in [-0.39, 0.29) is 5.54 Å². The summed E-state index contributed by atoms with van der Waals surface area (Å²) in [6.45, 7) is 6.43. The third-order valence-corrected chi connectivity index (χ3v) is 4.09. The van der Waals surface area contributed by atoms with Gasteiger partial charge in [-0.1, -0.05) is 30.4 Å². The predicted molar refractivity (Wildman–Crippen MR) is 89.9 cm³/mol. The molecule has 3 rings (SSSR count). The molecule has 2 N–H and O–H groups in total. The molecular weight excluding hydrogens is 282 g/mol. The number of hydrogen-bond donors (Lipinski definition) is 1. The van der Waals surface area contributed by atoms with Crippen LogP contribution in [0, 0.1) is 0 Å². The van der Waals surface area contributed by atoms with E-state index in [9.17, 15) is 0 Å². The number of pyridine rings is 1. The van der Waals surface area contributed by atoms with Gasteiger partial charge >= 0.3 is 0 Å². The summed E-state index contributed by atoms with van der Waals surface area (Å²) < 4.78 is 5.59. The van der Waals surface area contributed by atoms with E-state index in [1.165, 1.54) is 0 Å². The maximum atomic E-state index is 5.93. The van der Waals surface area contributed by atoms with E-state index in [0.717, 1.165) is 28.8 Å². The molecule has 5 heteroatoms. The van der Waals surface area contributed by atoms with Crippen molar-refractivity contribution in [2.24, 2.45) is 5.73 Å². The number of thiocarbonyl (C=S) groups is 1. The molecule has 2 aromatic rings. The minimum atomic E-state index is -0.132. The zero-order valence-corrected chi connectivity index (χ0v) is 13.1.